The molecule has 4 nitrogen and oxygen atoms in total. The second kappa shape index (κ2) is 6.74. The first-order valence-corrected chi connectivity index (χ1v) is 4.20. The molecule has 0 aromatic carbocycles. The van der Waals surface area contributed by atoms with Crippen LogP contribution in [-0.4, -0.2) is 37.5 Å². The van der Waals surface area contributed by atoms with Crippen LogP contribution in [0, 0.1) is 0 Å². The van der Waals surface area contributed by atoms with Gasteiger partial charge in [-0.2, -0.15) is 0 Å². The normalized spacial score (nSPS) is 12.5. The molecule has 0 saturated carbocycles. The molecular weight excluding hydrogens is 172 g/mol. The third-order valence-corrected chi connectivity index (χ3v) is 1.23. The molecule has 0 aliphatic rings. The van der Waals surface area contributed by atoms with Gasteiger partial charge in [-0.05, 0) is 20.8 Å². The number of ketones is 2. The Bertz CT molecular complexity index is 176. The number of ether oxygens (including phenoxy) is 2. The second-order valence-corrected chi connectivity index (χ2v) is 3.04. The van der Waals surface area contributed by atoms with Crippen LogP contribution in [-0.2, 0) is 19.1 Å². The van der Waals surface area contributed by atoms with Gasteiger partial charge in [-0.15, -0.1) is 0 Å². The molecule has 0 fully saturated rings. The van der Waals surface area contributed by atoms with Gasteiger partial charge in [0.25, 0.3) is 0 Å². The molecule has 0 N–H and O–H groups in total. The molecular formula is C9H16O4. The van der Waals surface area contributed by atoms with E-state index in [0.29, 0.717) is 6.61 Å². The molecule has 1 atom stereocenters. The average Bonchev–Trinajstić information content (AvgIpc) is 2.00. The first-order valence-electron chi connectivity index (χ1n) is 4.20. The van der Waals surface area contributed by atoms with Gasteiger partial charge in [0.15, 0.2) is 11.6 Å². The highest BCUT2D eigenvalue weighted by atomic mass is 16.5. The lowest BCUT2D eigenvalue weighted by Crippen LogP contribution is -2.20. The Labute approximate surface area is 78.2 Å². The molecule has 0 aromatic rings. The highest BCUT2D eigenvalue weighted by Gasteiger charge is 2.04. The molecule has 0 rings (SSSR count). The monoisotopic (exact) mass is 188 g/mol. The zero-order valence-electron chi connectivity index (χ0n) is 8.33. The smallest absolute Gasteiger partial charge is 0.155 e. The van der Waals surface area contributed by atoms with E-state index in [0.717, 1.165) is 0 Å². The van der Waals surface area contributed by atoms with Gasteiger partial charge in [0, 0.05) is 0 Å². The zero-order valence-corrected chi connectivity index (χ0v) is 8.33. The minimum absolute atomic E-state index is 0.0150. The van der Waals surface area contributed by atoms with Gasteiger partial charge in [0.1, 0.15) is 13.2 Å². The Hall–Kier alpha value is -0.740. The van der Waals surface area contributed by atoms with Crippen LogP contribution in [0.1, 0.15) is 20.8 Å². The molecule has 0 aromatic heterocycles. The lowest BCUT2D eigenvalue weighted by molar-refractivity contribution is -0.127. The largest absolute Gasteiger partial charge is 0.371 e. The van der Waals surface area contributed by atoms with Crippen molar-refractivity contribution in [2.45, 2.75) is 26.9 Å². The van der Waals surface area contributed by atoms with Crippen LogP contribution in [0.15, 0.2) is 0 Å². The first-order chi connectivity index (χ1) is 6.02. The lowest BCUT2D eigenvalue weighted by Gasteiger charge is -2.11. The maximum atomic E-state index is 10.5. The zero-order chi connectivity index (χ0) is 10.3. The summed E-state index contributed by atoms with van der Waals surface area (Å²) in [6.07, 6.45) is -0.150. The molecule has 0 aliphatic heterocycles. The molecule has 0 bridgehead atoms. The number of hydrogen-bond donors (Lipinski definition) is 0. The molecule has 0 spiro atoms. The fraction of sp³-hybridized carbons (Fsp3) is 0.778. The second-order valence-electron chi connectivity index (χ2n) is 3.04. The summed E-state index contributed by atoms with van der Waals surface area (Å²) in [5.74, 6) is -0.0304. The topological polar surface area (TPSA) is 52.6 Å². The van der Waals surface area contributed by atoms with Gasteiger partial charge in [-0.1, -0.05) is 0 Å². The van der Waals surface area contributed by atoms with Crippen molar-refractivity contribution in [2.24, 2.45) is 0 Å². The Morgan fingerprint density at radius 3 is 2.15 bits per heavy atom. The quantitative estimate of drug-likeness (QED) is 0.586. The van der Waals surface area contributed by atoms with Gasteiger partial charge >= 0.3 is 0 Å². The highest BCUT2D eigenvalue weighted by molar-refractivity contribution is 5.77. The molecule has 13 heavy (non-hydrogen) atoms. The SMILES string of the molecule is CC(=O)COCC(C)OCC(C)=O. The summed E-state index contributed by atoms with van der Waals surface area (Å²) in [6.45, 7) is 5.26. The van der Waals surface area contributed by atoms with Crippen LogP contribution in [0.5, 0.6) is 0 Å². The number of hydrogen-bond acceptors (Lipinski definition) is 4. The van der Waals surface area contributed by atoms with E-state index in [4.69, 9.17) is 9.47 Å². The molecule has 0 radical (unpaired) electrons. The van der Waals surface area contributed by atoms with E-state index in [-0.39, 0.29) is 30.9 Å². The third kappa shape index (κ3) is 9.17. The van der Waals surface area contributed by atoms with Crippen molar-refractivity contribution in [3.05, 3.63) is 0 Å². The van der Waals surface area contributed by atoms with Crippen LogP contribution in [0.2, 0.25) is 0 Å². The molecule has 76 valence electrons. The van der Waals surface area contributed by atoms with Gasteiger partial charge in [-0.25, -0.2) is 0 Å². The van der Waals surface area contributed by atoms with E-state index in [1.165, 1.54) is 13.8 Å². The van der Waals surface area contributed by atoms with E-state index < -0.39 is 0 Å². The van der Waals surface area contributed by atoms with Crippen molar-refractivity contribution >= 4 is 11.6 Å². The minimum atomic E-state index is -0.150. The van der Waals surface area contributed by atoms with E-state index >= 15 is 0 Å². The summed E-state index contributed by atoms with van der Waals surface area (Å²) >= 11 is 0. The van der Waals surface area contributed by atoms with Crippen molar-refractivity contribution in [3.63, 3.8) is 0 Å². The molecule has 0 aliphatic carbocycles. The van der Waals surface area contributed by atoms with Gasteiger partial charge < -0.3 is 9.47 Å². The lowest BCUT2D eigenvalue weighted by atomic mass is 10.4. The maximum absolute atomic E-state index is 10.5. The van der Waals surface area contributed by atoms with Crippen LogP contribution in [0.4, 0.5) is 0 Å². The predicted octanol–water partition coefficient (Wildman–Crippen LogP) is 0.586. The van der Waals surface area contributed by atoms with Crippen molar-refractivity contribution in [3.8, 4) is 0 Å². The van der Waals surface area contributed by atoms with Crippen LogP contribution in [0.3, 0.4) is 0 Å². The van der Waals surface area contributed by atoms with Crippen LogP contribution < -0.4 is 0 Å². The van der Waals surface area contributed by atoms with Crippen LogP contribution >= 0.6 is 0 Å². The van der Waals surface area contributed by atoms with E-state index in [1.54, 1.807) is 6.92 Å². The Morgan fingerprint density at radius 1 is 1.15 bits per heavy atom. The molecule has 4 heteroatoms. The maximum Gasteiger partial charge on any atom is 0.155 e. The predicted molar refractivity (Wildman–Crippen MR) is 47.6 cm³/mol. The summed E-state index contributed by atoms with van der Waals surface area (Å²) in [7, 11) is 0. The molecule has 0 amide bonds. The number of rotatable bonds is 7. The fourth-order valence-corrected chi connectivity index (χ4v) is 0.676. The van der Waals surface area contributed by atoms with Crippen molar-refractivity contribution < 1.29 is 19.1 Å². The minimum Gasteiger partial charge on any atom is -0.371 e. The molecule has 0 saturated heterocycles. The van der Waals surface area contributed by atoms with Gasteiger partial charge in [0.05, 0.1) is 12.7 Å². The third-order valence-electron chi connectivity index (χ3n) is 1.23. The standard InChI is InChI=1S/C9H16O4/c1-7(10)4-12-6-9(3)13-5-8(2)11/h9H,4-6H2,1-3H3. The summed E-state index contributed by atoms with van der Waals surface area (Å²) < 4.78 is 10.1. The number of Topliss-reactive ketones (excluding diaryl/α,β-unsaturated/α-hetero) is 2. The molecule has 1 unspecified atom stereocenters. The summed E-state index contributed by atoms with van der Waals surface area (Å²) in [4.78, 5) is 21.0. The summed E-state index contributed by atoms with van der Waals surface area (Å²) in [5, 5.41) is 0. The van der Waals surface area contributed by atoms with Gasteiger partial charge in [-0.3, -0.25) is 9.59 Å². The summed E-state index contributed by atoms with van der Waals surface area (Å²) in [5.41, 5.74) is 0. The fourth-order valence-electron chi connectivity index (χ4n) is 0.676. The van der Waals surface area contributed by atoms with Crippen LogP contribution in [0.25, 0.3) is 0 Å². The van der Waals surface area contributed by atoms with E-state index in [2.05, 4.69) is 0 Å². The van der Waals surface area contributed by atoms with Gasteiger partial charge in [0.2, 0.25) is 0 Å². The number of carbonyl (C=O) groups is 2. The number of carbonyl (C=O) groups excluding carboxylic acids is 2. The van der Waals surface area contributed by atoms with E-state index in [9.17, 15) is 9.59 Å². The Morgan fingerprint density at radius 2 is 1.69 bits per heavy atom. The Kier molecular flexibility index (Phi) is 6.36. The first kappa shape index (κ1) is 12.3. The van der Waals surface area contributed by atoms with E-state index in [1.807, 2.05) is 0 Å². The van der Waals surface area contributed by atoms with Crippen molar-refractivity contribution in [1.82, 2.24) is 0 Å². The Balaban J connectivity index is 3.35. The van der Waals surface area contributed by atoms with Crippen molar-refractivity contribution in [2.75, 3.05) is 19.8 Å². The average molecular weight is 188 g/mol. The summed E-state index contributed by atoms with van der Waals surface area (Å²) in [6, 6.07) is 0. The highest BCUT2D eigenvalue weighted by Crippen LogP contribution is 1.92. The van der Waals surface area contributed by atoms with Crippen molar-refractivity contribution in [1.29, 1.82) is 0 Å². The molecule has 0 heterocycles.